The molecule has 0 bridgehead atoms. The van der Waals surface area contributed by atoms with Gasteiger partial charge in [0.1, 0.15) is 0 Å². The third kappa shape index (κ3) is 4.84. The Morgan fingerprint density at radius 3 is 2.56 bits per heavy atom. The fourth-order valence-corrected chi connectivity index (χ4v) is 3.99. The van der Waals surface area contributed by atoms with Crippen molar-refractivity contribution in [1.29, 1.82) is 0 Å². The van der Waals surface area contributed by atoms with Crippen LogP contribution in [0.5, 0.6) is 0 Å². The molecule has 0 unspecified atom stereocenters. The number of urea groups is 1. The predicted molar refractivity (Wildman–Crippen MR) is 107 cm³/mol. The summed E-state index contributed by atoms with van der Waals surface area (Å²) >= 11 is 1.65. The lowest BCUT2D eigenvalue weighted by Crippen LogP contribution is -2.49. The first kappa shape index (κ1) is 19.8. The van der Waals surface area contributed by atoms with Gasteiger partial charge in [0.05, 0.1) is 18.2 Å². The van der Waals surface area contributed by atoms with Crippen molar-refractivity contribution >= 4 is 23.8 Å². The Morgan fingerprint density at radius 1 is 1.22 bits per heavy atom. The number of amides is 2. The summed E-state index contributed by atoms with van der Waals surface area (Å²) in [7, 11) is 0. The highest BCUT2D eigenvalue weighted by Gasteiger charge is 2.34. The normalized spacial score (nSPS) is 20.8. The van der Waals surface area contributed by atoms with E-state index in [4.69, 9.17) is 4.74 Å². The van der Waals surface area contributed by atoms with E-state index in [-0.39, 0.29) is 12.0 Å². The molecule has 6 nitrogen and oxygen atoms in total. The van der Waals surface area contributed by atoms with Crippen molar-refractivity contribution in [1.82, 2.24) is 15.5 Å². The van der Waals surface area contributed by atoms with Crippen LogP contribution in [0.3, 0.4) is 0 Å². The van der Waals surface area contributed by atoms with Crippen molar-refractivity contribution in [2.75, 3.05) is 32.5 Å². The highest BCUT2D eigenvalue weighted by molar-refractivity contribution is 7.98. The summed E-state index contributed by atoms with van der Waals surface area (Å²) in [4.78, 5) is 28.5. The first-order valence-corrected chi connectivity index (χ1v) is 10.7. The predicted octanol–water partition coefficient (Wildman–Crippen LogP) is 3.07. The van der Waals surface area contributed by atoms with Crippen molar-refractivity contribution in [3.8, 4) is 0 Å². The molecule has 2 aliphatic heterocycles. The standard InChI is InChI=1S/C20H27N3O3S/c1-3-26-19(24)17-16(13-23-11-5-4-6-12-23)21-20(25)22-18(17)14-7-9-15(27-2)10-8-14/h7-10,18H,3-6,11-13H2,1-2H3,(H2,21,22,25)/t18-/m0/s1. The van der Waals surface area contributed by atoms with E-state index < -0.39 is 6.04 Å². The van der Waals surface area contributed by atoms with Gasteiger partial charge < -0.3 is 15.4 Å². The summed E-state index contributed by atoms with van der Waals surface area (Å²) in [6, 6.07) is 7.13. The highest BCUT2D eigenvalue weighted by Crippen LogP contribution is 2.29. The van der Waals surface area contributed by atoms with Crippen molar-refractivity contribution in [3.63, 3.8) is 0 Å². The number of carbonyl (C=O) groups excluding carboxylic acids is 2. The average molecular weight is 390 g/mol. The molecule has 146 valence electrons. The molecule has 7 heteroatoms. The molecule has 0 aromatic heterocycles. The highest BCUT2D eigenvalue weighted by atomic mass is 32.2. The molecule has 2 aliphatic rings. The molecular weight excluding hydrogens is 362 g/mol. The molecule has 1 fully saturated rings. The number of ether oxygens (including phenoxy) is 1. The first-order chi connectivity index (χ1) is 13.1. The number of thioether (sulfide) groups is 1. The Balaban J connectivity index is 1.95. The van der Waals surface area contributed by atoms with Crippen LogP contribution in [0.1, 0.15) is 37.8 Å². The summed E-state index contributed by atoms with van der Waals surface area (Å²) in [6.07, 6.45) is 5.54. The van der Waals surface area contributed by atoms with Gasteiger partial charge in [0.2, 0.25) is 0 Å². The Hall–Kier alpha value is -1.99. The van der Waals surface area contributed by atoms with Gasteiger partial charge in [-0.2, -0.15) is 0 Å². The minimum atomic E-state index is -0.506. The zero-order valence-electron chi connectivity index (χ0n) is 15.9. The monoisotopic (exact) mass is 389 g/mol. The summed E-state index contributed by atoms with van der Waals surface area (Å²) in [5, 5.41) is 5.75. The molecule has 0 aliphatic carbocycles. The van der Waals surface area contributed by atoms with Crippen molar-refractivity contribution in [2.24, 2.45) is 0 Å². The number of nitrogens with one attached hydrogen (secondary N) is 2. The third-order valence-electron chi connectivity index (χ3n) is 4.93. The smallest absolute Gasteiger partial charge is 0.338 e. The summed E-state index contributed by atoms with van der Waals surface area (Å²) in [6.45, 7) is 4.61. The maximum Gasteiger partial charge on any atom is 0.338 e. The van der Waals surface area contributed by atoms with Gasteiger partial charge in [-0.05, 0) is 56.8 Å². The van der Waals surface area contributed by atoms with E-state index in [1.165, 1.54) is 6.42 Å². The Bertz CT molecular complexity index is 712. The summed E-state index contributed by atoms with van der Waals surface area (Å²) in [5.74, 6) is -0.379. The maximum absolute atomic E-state index is 12.8. The van der Waals surface area contributed by atoms with Gasteiger partial charge in [-0.25, -0.2) is 9.59 Å². The molecule has 1 aromatic carbocycles. The van der Waals surface area contributed by atoms with Crippen LogP contribution in [-0.4, -0.2) is 49.4 Å². The topological polar surface area (TPSA) is 70.7 Å². The Morgan fingerprint density at radius 2 is 1.93 bits per heavy atom. The zero-order chi connectivity index (χ0) is 19.2. The minimum Gasteiger partial charge on any atom is -0.463 e. The van der Waals surface area contributed by atoms with Crippen LogP contribution in [-0.2, 0) is 9.53 Å². The van der Waals surface area contributed by atoms with Gasteiger partial charge in [0.25, 0.3) is 0 Å². The van der Waals surface area contributed by atoms with Crippen molar-refractivity contribution in [3.05, 3.63) is 41.1 Å². The molecule has 1 saturated heterocycles. The van der Waals surface area contributed by atoms with Crippen LogP contribution in [0.25, 0.3) is 0 Å². The second-order valence-corrected chi connectivity index (χ2v) is 7.63. The number of nitrogens with zero attached hydrogens (tertiary/aromatic N) is 1. The van der Waals surface area contributed by atoms with Gasteiger partial charge in [-0.1, -0.05) is 18.6 Å². The summed E-state index contributed by atoms with van der Waals surface area (Å²) in [5.41, 5.74) is 2.03. The molecule has 27 heavy (non-hydrogen) atoms. The van der Waals surface area contributed by atoms with Gasteiger partial charge in [-0.15, -0.1) is 11.8 Å². The molecule has 1 atom stereocenters. The fraction of sp³-hybridized carbons (Fsp3) is 0.500. The van der Waals surface area contributed by atoms with E-state index in [9.17, 15) is 9.59 Å². The van der Waals surface area contributed by atoms with E-state index in [0.717, 1.165) is 36.4 Å². The zero-order valence-corrected chi connectivity index (χ0v) is 16.7. The van der Waals surface area contributed by atoms with Gasteiger partial charge in [-0.3, -0.25) is 4.90 Å². The van der Waals surface area contributed by atoms with Crippen LogP contribution in [0.15, 0.2) is 40.4 Å². The number of esters is 1. The maximum atomic E-state index is 12.8. The van der Waals surface area contributed by atoms with E-state index in [2.05, 4.69) is 15.5 Å². The third-order valence-corrected chi connectivity index (χ3v) is 5.67. The fourth-order valence-electron chi connectivity index (χ4n) is 3.58. The van der Waals surface area contributed by atoms with E-state index in [1.807, 2.05) is 30.5 Å². The number of likely N-dealkylation sites (tertiary alicyclic amines) is 1. The molecular formula is C20H27N3O3S. The lowest BCUT2D eigenvalue weighted by Gasteiger charge is -2.33. The van der Waals surface area contributed by atoms with Crippen LogP contribution in [0.4, 0.5) is 4.79 Å². The number of hydrogen-bond acceptors (Lipinski definition) is 5. The number of rotatable bonds is 6. The first-order valence-electron chi connectivity index (χ1n) is 9.46. The SMILES string of the molecule is CCOC(=O)C1=C(CN2CCCCC2)NC(=O)N[C@H]1c1ccc(SC)cc1. The number of hydrogen-bond donors (Lipinski definition) is 2. The molecule has 2 amide bonds. The van der Waals surface area contributed by atoms with Gasteiger partial charge >= 0.3 is 12.0 Å². The second kappa shape index (κ2) is 9.28. The largest absolute Gasteiger partial charge is 0.463 e. The van der Waals surface area contributed by atoms with Crippen molar-refractivity contribution < 1.29 is 14.3 Å². The molecule has 0 spiro atoms. The quantitative estimate of drug-likeness (QED) is 0.578. The van der Waals surface area contributed by atoms with Gasteiger partial charge in [0, 0.05) is 17.1 Å². The van der Waals surface area contributed by atoms with E-state index >= 15 is 0 Å². The molecule has 3 rings (SSSR count). The molecule has 2 heterocycles. The average Bonchev–Trinajstić information content (AvgIpc) is 2.68. The van der Waals surface area contributed by atoms with Crippen LogP contribution in [0.2, 0.25) is 0 Å². The van der Waals surface area contributed by atoms with Crippen LogP contribution in [0, 0.1) is 0 Å². The van der Waals surface area contributed by atoms with Crippen LogP contribution < -0.4 is 10.6 Å². The van der Waals surface area contributed by atoms with Crippen LogP contribution >= 0.6 is 11.8 Å². The number of carbonyl (C=O) groups is 2. The number of benzene rings is 1. The van der Waals surface area contributed by atoms with E-state index in [1.54, 1.807) is 18.7 Å². The summed E-state index contributed by atoms with van der Waals surface area (Å²) < 4.78 is 5.32. The van der Waals surface area contributed by atoms with Gasteiger partial charge in [0.15, 0.2) is 0 Å². The lowest BCUT2D eigenvalue weighted by atomic mass is 9.94. The molecule has 0 saturated carbocycles. The minimum absolute atomic E-state index is 0.283. The van der Waals surface area contributed by atoms with E-state index in [0.29, 0.717) is 24.4 Å². The molecule has 1 aromatic rings. The molecule has 2 N–H and O–H groups in total. The second-order valence-electron chi connectivity index (χ2n) is 6.75. The Labute approximate surface area is 164 Å². The molecule has 0 radical (unpaired) electrons. The van der Waals surface area contributed by atoms with Crippen molar-refractivity contribution in [2.45, 2.75) is 37.1 Å². The Kier molecular flexibility index (Phi) is 6.79. The lowest BCUT2D eigenvalue weighted by molar-refractivity contribution is -0.139. The number of piperidine rings is 1.